The van der Waals surface area contributed by atoms with Gasteiger partial charge in [0, 0.05) is 19.0 Å². The number of thiophene rings is 1. The van der Waals surface area contributed by atoms with Crippen LogP contribution in [0.3, 0.4) is 0 Å². The Labute approximate surface area is 108 Å². The highest BCUT2D eigenvalue weighted by Crippen LogP contribution is 2.16. The second kappa shape index (κ2) is 5.29. The molecule has 0 aliphatic heterocycles. The minimum absolute atomic E-state index is 0.130. The van der Waals surface area contributed by atoms with Crippen molar-refractivity contribution in [3.63, 3.8) is 0 Å². The summed E-state index contributed by atoms with van der Waals surface area (Å²) >= 11 is 7.41. The van der Waals surface area contributed by atoms with Gasteiger partial charge in [-0.15, -0.1) is 11.3 Å². The molecule has 0 unspecified atom stereocenters. The highest BCUT2D eigenvalue weighted by Gasteiger charge is 2.07. The molecule has 0 aliphatic rings. The van der Waals surface area contributed by atoms with Crippen molar-refractivity contribution >= 4 is 28.9 Å². The van der Waals surface area contributed by atoms with Gasteiger partial charge in [-0.1, -0.05) is 6.07 Å². The van der Waals surface area contributed by atoms with Gasteiger partial charge in [-0.2, -0.15) is 15.0 Å². The third-order valence-corrected chi connectivity index (χ3v) is 2.92. The van der Waals surface area contributed by atoms with Gasteiger partial charge >= 0.3 is 6.01 Å². The Morgan fingerprint density at radius 3 is 2.82 bits per heavy atom. The van der Waals surface area contributed by atoms with E-state index in [1.54, 1.807) is 16.2 Å². The lowest BCUT2D eigenvalue weighted by Crippen LogP contribution is -2.14. The highest BCUT2D eigenvalue weighted by atomic mass is 35.5. The lowest BCUT2D eigenvalue weighted by atomic mass is 10.5. The molecule has 0 bridgehead atoms. The smallest absolute Gasteiger partial charge is 0.322 e. The number of halogens is 1. The molecule has 17 heavy (non-hydrogen) atoms. The maximum absolute atomic E-state index is 5.79. The molecule has 0 atom stereocenters. The molecule has 2 aromatic rings. The molecule has 90 valence electrons. The van der Waals surface area contributed by atoms with E-state index in [1.807, 2.05) is 31.6 Å². The van der Waals surface area contributed by atoms with Crippen molar-refractivity contribution in [1.29, 1.82) is 0 Å². The average molecular weight is 271 g/mol. The maximum Gasteiger partial charge on any atom is 0.322 e. The van der Waals surface area contributed by atoms with Crippen LogP contribution in [0.4, 0.5) is 5.95 Å². The first-order valence-corrected chi connectivity index (χ1v) is 6.15. The molecule has 0 amide bonds. The van der Waals surface area contributed by atoms with Crippen molar-refractivity contribution in [1.82, 2.24) is 15.0 Å². The van der Waals surface area contributed by atoms with Gasteiger partial charge in [0.25, 0.3) is 0 Å². The molecule has 0 aliphatic carbocycles. The molecule has 0 N–H and O–H groups in total. The van der Waals surface area contributed by atoms with Gasteiger partial charge in [-0.3, -0.25) is 0 Å². The molecular weight excluding hydrogens is 260 g/mol. The van der Waals surface area contributed by atoms with Gasteiger partial charge in [0.2, 0.25) is 11.2 Å². The second-order valence-corrected chi connectivity index (χ2v) is 4.82. The summed E-state index contributed by atoms with van der Waals surface area (Å²) in [6, 6.07) is 4.19. The second-order valence-electron chi connectivity index (χ2n) is 3.45. The Hall–Kier alpha value is -1.40. The number of ether oxygens (including phenoxy) is 1. The maximum atomic E-state index is 5.79. The highest BCUT2D eigenvalue weighted by molar-refractivity contribution is 7.09. The molecule has 2 rings (SSSR count). The summed E-state index contributed by atoms with van der Waals surface area (Å²) < 4.78 is 5.46. The lowest BCUT2D eigenvalue weighted by molar-refractivity contribution is 0.283. The van der Waals surface area contributed by atoms with E-state index < -0.39 is 0 Å². The molecule has 2 aromatic heterocycles. The molecular formula is C10H11ClN4OS. The molecule has 0 fully saturated rings. The van der Waals surface area contributed by atoms with E-state index in [2.05, 4.69) is 15.0 Å². The fourth-order valence-electron chi connectivity index (χ4n) is 1.12. The lowest BCUT2D eigenvalue weighted by Gasteiger charge is -2.10. The molecule has 0 radical (unpaired) electrons. The van der Waals surface area contributed by atoms with Crippen LogP contribution in [0.2, 0.25) is 5.28 Å². The van der Waals surface area contributed by atoms with Crippen LogP contribution in [0.15, 0.2) is 17.5 Å². The number of anilines is 1. The van der Waals surface area contributed by atoms with E-state index in [-0.39, 0.29) is 11.3 Å². The van der Waals surface area contributed by atoms with E-state index in [0.717, 1.165) is 4.88 Å². The molecule has 2 heterocycles. The summed E-state index contributed by atoms with van der Waals surface area (Å²) in [6.07, 6.45) is 0. The van der Waals surface area contributed by atoms with E-state index in [1.165, 1.54) is 0 Å². The number of nitrogens with zero attached hydrogens (tertiary/aromatic N) is 4. The van der Waals surface area contributed by atoms with Gasteiger partial charge in [0.05, 0.1) is 0 Å². The Morgan fingerprint density at radius 2 is 2.18 bits per heavy atom. The number of rotatable bonds is 4. The van der Waals surface area contributed by atoms with E-state index in [9.17, 15) is 0 Å². The zero-order chi connectivity index (χ0) is 12.3. The van der Waals surface area contributed by atoms with Crippen molar-refractivity contribution in [2.75, 3.05) is 19.0 Å². The Morgan fingerprint density at radius 1 is 1.35 bits per heavy atom. The fourth-order valence-corrected chi connectivity index (χ4v) is 1.88. The topological polar surface area (TPSA) is 51.1 Å². The van der Waals surface area contributed by atoms with Gasteiger partial charge in [-0.05, 0) is 23.0 Å². The van der Waals surface area contributed by atoms with E-state index in [4.69, 9.17) is 16.3 Å². The molecule has 0 saturated heterocycles. The Kier molecular flexibility index (Phi) is 3.75. The zero-order valence-corrected chi connectivity index (χ0v) is 11.0. The summed E-state index contributed by atoms with van der Waals surface area (Å²) in [7, 11) is 3.66. The summed E-state index contributed by atoms with van der Waals surface area (Å²) in [6.45, 7) is 0.435. The minimum atomic E-state index is 0.130. The molecule has 5 nitrogen and oxygen atoms in total. The van der Waals surface area contributed by atoms with Crippen LogP contribution >= 0.6 is 22.9 Å². The van der Waals surface area contributed by atoms with Gasteiger partial charge in [-0.25, -0.2) is 0 Å². The summed E-state index contributed by atoms with van der Waals surface area (Å²) in [5.74, 6) is 0.478. The molecule has 0 aromatic carbocycles. The third-order valence-electron chi connectivity index (χ3n) is 1.90. The standard InChI is InChI=1S/C10H11ClN4OS/c1-15(2)9-12-8(11)13-10(14-9)16-6-7-4-3-5-17-7/h3-5H,6H2,1-2H3. The number of hydrogen-bond donors (Lipinski definition) is 0. The van der Waals surface area contributed by atoms with Crippen LogP contribution in [0.1, 0.15) is 4.88 Å². The van der Waals surface area contributed by atoms with Crippen molar-refractivity contribution in [3.05, 3.63) is 27.7 Å². The first-order valence-electron chi connectivity index (χ1n) is 4.89. The molecule has 0 saturated carbocycles. The van der Waals surface area contributed by atoms with Crippen LogP contribution in [-0.2, 0) is 6.61 Å². The van der Waals surface area contributed by atoms with Gasteiger partial charge in [0.15, 0.2) is 0 Å². The first kappa shape index (κ1) is 12.1. The first-order chi connectivity index (χ1) is 8.15. The normalized spacial score (nSPS) is 10.3. The van der Waals surface area contributed by atoms with Crippen LogP contribution in [0.5, 0.6) is 6.01 Å². The predicted octanol–water partition coefficient (Wildman–Crippen LogP) is 2.23. The van der Waals surface area contributed by atoms with E-state index >= 15 is 0 Å². The van der Waals surface area contributed by atoms with Crippen LogP contribution in [0.25, 0.3) is 0 Å². The zero-order valence-electron chi connectivity index (χ0n) is 9.42. The van der Waals surface area contributed by atoms with Crippen molar-refractivity contribution in [3.8, 4) is 6.01 Å². The Balaban J connectivity index is 2.10. The van der Waals surface area contributed by atoms with Crippen LogP contribution < -0.4 is 9.64 Å². The monoisotopic (exact) mass is 270 g/mol. The SMILES string of the molecule is CN(C)c1nc(Cl)nc(OCc2cccs2)n1. The summed E-state index contributed by atoms with van der Waals surface area (Å²) in [5, 5.41) is 2.12. The van der Waals surface area contributed by atoms with Crippen LogP contribution in [-0.4, -0.2) is 29.0 Å². The Bertz CT molecular complexity index is 489. The summed E-state index contributed by atoms with van der Waals surface area (Å²) in [4.78, 5) is 14.9. The predicted molar refractivity (Wildman–Crippen MR) is 67.8 cm³/mol. The largest absolute Gasteiger partial charge is 0.458 e. The van der Waals surface area contributed by atoms with E-state index in [0.29, 0.717) is 12.6 Å². The van der Waals surface area contributed by atoms with Crippen molar-refractivity contribution in [2.24, 2.45) is 0 Å². The van der Waals surface area contributed by atoms with Gasteiger partial charge in [0.1, 0.15) is 6.61 Å². The van der Waals surface area contributed by atoms with Crippen LogP contribution in [0, 0.1) is 0 Å². The van der Waals surface area contributed by atoms with Crippen molar-refractivity contribution in [2.45, 2.75) is 6.61 Å². The quantitative estimate of drug-likeness (QED) is 0.853. The average Bonchev–Trinajstić information content (AvgIpc) is 2.78. The molecule has 7 heteroatoms. The van der Waals surface area contributed by atoms with Crippen molar-refractivity contribution < 1.29 is 4.74 Å². The number of hydrogen-bond acceptors (Lipinski definition) is 6. The minimum Gasteiger partial charge on any atom is -0.458 e. The third kappa shape index (κ3) is 3.28. The number of aromatic nitrogens is 3. The fraction of sp³-hybridized carbons (Fsp3) is 0.300. The summed E-state index contributed by atoms with van der Waals surface area (Å²) in [5.41, 5.74) is 0. The van der Waals surface area contributed by atoms with Gasteiger partial charge < -0.3 is 9.64 Å². The molecule has 0 spiro atoms.